The standard InChI is InChI=1S/C9H21NO4/c1-6(11)9(10-2)7(12)5-8(13-3)14-4/h6-12H,5H2,1-4H3/t6-,7-,9-/m1/s1. The van der Waals surface area contributed by atoms with Gasteiger partial charge in [0.2, 0.25) is 0 Å². The number of aliphatic hydroxyl groups excluding tert-OH is 2. The fraction of sp³-hybridized carbons (Fsp3) is 1.00. The SMILES string of the molecule is CN[C@@H]([C@H](O)CC(OC)OC)[C@@H](C)O. The van der Waals surface area contributed by atoms with E-state index in [1.807, 2.05) is 0 Å². The monoisotopic (exact) mass is 207 g/mol. The zero-order chi connectivity index (χ0) is 11.1. The van der Waals surface area contributed by atoms with Gasteiger partial charge in [0, 0.05) is 20.6 Å². The Labute approximate surface area is 85.0 Å². The molecule has 14 heavy (non-hydrogen) atoms. The van der Waals surface area contributed by atoms with Crippen LogP contribution in [0.5, 0.6) is 0 Å². The van der Waals surface area contributed by atoms with Crippen molar-refractivity contribution in [1.82, 2.24) is 5.32 Å². The van der Waals surface area contributed by atoms with Crippen LogP contribution in [0, 0.1) is 0 Å². The number of hydrogen-bond acceptors (Lipinski definition) is 5. The van der Waals surface area contributed by atoms with Crippen LogP contribution < -0.4 is 5.32 Å². The average Bonchev–Trinajstić information content (AvgIpc) is 2.14. The number of rotatable bonds is 7. The Bertz CT molecular complexity index is 139. The summed E-state index contributed by atoms with van der Waals surface area (Å²) in [4.78, 5) is 0. The van der Waals surface area contributed by atoms with Crippen LogP contribution in [0.15, 0.2) is 0 Å². The van der Waals surface area contributed by atoms with Crippen LogP contribution in [0.1, 0.15) is 13.3 Å². The molecule has 5 heteroatoms. The second-order valence-corrected chi connectivity index (χ2v) is 3.26. The molecule has 3 N–H and O–H groups in total. The van der Waals surface area contributed by atoms with Gasteiger partial charge in [-0.05, 0) is 14.0 Å². The molecule has 0 aliphatic heterocycles. The second kappa shape index (κ2) is 7.14. The number of hydrogen-bond donors (Lipinski definition) is 3. The first-order valence-electron chi connectivity index (χ1n) is 4.65. The van der Waals surface area contributed by atoms with E-state index < -0.39 is 18.5 Å². The normalized spacial score (nSPS) is 18.2. The van der Waals surface area contributed by atoms with Crippen LogP contribution in [-0.4, -0.2) is 56.0 Å². The number of nitrogens with one attached hydrogen (secondary N) is 1. The van der Waals surface area contributed by atoms with Crippen LogP contribution in [-0.2, 0) is 9.47 Å². The second-order valence-electron chi connectivity index (χ2n) is 3.26. The van der Waals surface area contributed by atoms with Gasteiger partial charge in [-0.3, -0.25) is 0 Å². The van der Waals surface area contributed by atoms with E-state index in [1.54, 1.807) is 14.0 Å². The predicted molar refractivity (Wildman–Crippen MR) is 53.0 cm³/mol. The van der Waals surface area contributed by atoms with Gasteiger partial charge < -0.3 is 25.0 Å². The Hall–Kier alpha value is -0.200. The molecule has 5 nitrogen and oxygen atoms in total. The van der Waals surface area contributed by atoms with Gasteiger partial charge in [0.05, 0.1) is 18.2 Å². The quantitative estimate of drug-likeness (QED) is 0.483. The minimum absolute atomic E-state index is 0.323. The molecule has 0 aromatic carbocycles. The smallest absolute Gasteiger partial charge is 0.159 e. The summed E-state index contributed by atoms with van der Waals surface area (Å²) in [5.41, 5.74) is 0. The molecule has 0 aromatic heterocycles. The predicted octanol–water partition coefficient (Wildman–Crippen LogP) is -0.675. The summed E-state index contributed by atoms with van der Waals surface area (Å²) in [7, 11) is 4.71. The third-order valence-corrected chi connectivity index (χ3v) is 2.23. The third kappa shape index (κ3) is 4.34. The molecule has 0 spiro atoms. The highest BCUT2D eigenvalue weighted by atomic mass is 16.7. The van der Waals surface area contributed by atoms with Crippen molar-refractivity contribution in [3.05, 3.63) is 0 Å². The summed E-state index contributed by atoms with van der Waals surface area (Å²) in [5, 5.41) is 21.9. The molecule has 0 bridgehead atoms. The molecular weight excluding hydrogens is 186 g/mol. The van der Waals surface area contributed by atoms with Gasteiger partial charge in [-0.2, -0.15) is 0 Å². The lowest BCUT2D eigenvalue weighted by molar-refractivity contribution is -0.128. The van der Waals surface area contributed by atoms with Gasteiger partial charge in [-0.25, -0.2) is 0 Å². The van der Waals surface area contributed by atoms with Crippen molar-refractivity contribution in [2.45, 2.75) is 37.9 Å². The zero-order valence-electron chi connectivity index (χ0n) is 9.23. The van der Waals surface area contributed by atoms with Gasteiger partial charge in [0.15, 0.2) is 6.29 Å². The summed E-state index contributed by atoms with van der Waals surface area (Å²) in [5.74, 6) is 0. The Balaban J connectivity index is 4.08. The summed E-state index contributed by atoms with van der Waals surface area (Å²) >= 11 is 0. The Morgan fingerprint density at radius 3 is 2.00 bits per heavy atom. The number of likely N-dealkylation sites (N-methyl/N-ethyl adjacent to an activating group) is 1. The van der Waals surface area contributed by atoms with Crippen LogP contribution in [0.2, 0.25) is 0 Å². The molecule has 86 valence electrons. The molecule has 0 amide bonds. The van der Waals surface area contributed by atoms with Crippen LogP contribution in [0.3, 0.4) is 0 Å². The molecule has 0 fully saturated rings. The molecule has 0 aromatic rings. The van der Waals surface area contributed by atoms with E-state index in [0.29, 0.717) is 6.42 Å². The highest BCUT2D eigenvalue weighted by Gasteiger charge is 2.25. The van der Waals surface area contributed by atoms with Gasteiger partial charge in [-0.1, -0.05) is 0 Å². The molecule has 0 aliphatic carbocycles. The topological polar surface area (TPSA) is 71.0 Å². The molecule has 0 rings (SSSR count). The Morgan fingerprint density at radius 2 is 1.71 bits per heavy atom. The largest absolute Gasteiger partial charge is 0.392 e. The maximum atomic E-state index is 9.73. The van der Waals surface area contributed by atoms with Crippen molar-refractivity contribution in [2.75, 3.05) is 21.3 Å². The van der Waals surface area contributed by atoms with Gasteiger partial charge in [0.1, 0.15) is 0 Å². The molecular formula is C9H21NO4. The molecule has 3 atom stereocenters. The van der Waals surface area contributed by atoms with Gasteiger partial charge >= 0.3 is 0 Å². The van der Waals surface area contributed by atoms with Crippen LogP contribution in [0.25, 0.3) is 0 Å². The molecule has 0 heterocycles. The Kier molecular flexibility index (Phi) is 7.04. The van der Waals surface area contributed by atoms with Crippen molar-refractivity contribution in [3.8, 4) is 0 Å². The van der Waals surface area contributed by atoms with Crippen molar-refractivity contribution >= 4 is 0 Å². The van der Waals surface area contributed by atoms with Crippen molar-refractivity contribution in [1.29, 1.82) is 0 Å². The summed E-state index contributed by atoms with van der Waals surface area (Å²) in [6.45, 7) is 1.62. The number of aliphatic hydroxyl groups is 2. The number of ether oxygens (including phenoxy) is 2. The molecule has 0 unspecified atom stereocenters. The third-order valence-electron chi connectivity index (χ3n) is 2.23. The first kappa shape index (κ1) is 13.8. The molecule has 0 saturated carbocycles. The maximum absolute atomic E-state index is 9.73. The first-order chi connectivity index (χ1) is 6.56. The first-order valence-corrected chi connectivity index (χ1v) is 4.65. The summed E-state index contributed by atoms with van der Waals surface area (Å²) < 4.78 is 9.91. The highest BCUT2D eigenvalue weighted by Crippen LogP contribution is 2.09. The highest BCUT2D eigenvalue weighted by molar-refractivity contribution is 4.79. The lowest BCUT2D eigenvalue weighted by Crippen LogP contribution is -2.47. The average molecular weight is 207 g/mol. The molecule has 0 radical (unpaired) electrons. The molecule has 0 aliphatic rings. The van der Waals surface area contributed by atoms with Crippen LogP contribution in [0.4, 0.5) is 0 Å². The summed E-state index contributed by atoms with van der Waals surface area (Å²) in [6, 6.07) is -0.372. The van der Waals surface area contributed by atoms with E-state index in [-0.39, 0.29) is 6.04 Å². The van der Waals surface area contributed by atoms with E-state index in [9.17, 15) is 10.2 Å². The minimum atomic E-state index is -0.704. The van der Waals surface area contributed by atoms with Gasteiger partial charge in [-0.15, -0.1) is 0 Å². The zero-order valence-corrected chi connectivity index (χ0v) is 9.23. The maximum Gasteiger partial charge on any atom is 0.159 e. The lowest BCUT2D eigenvalue weighted by Gasteiger charge is -2.27. The van der Waals surface area contributed by atoms with E-state index in [0.717, 1.165) is 0 Å². The lowest BCUT2D eigenvalue weighted by atomic mass is 10.0. The van der Waals surface area contributed by atoms with Crippen molar-refractivity contribution in [3.63, 3.8) is 0 Å². The van der Waals surface area contributed by atoms with Crippen LogP contribution >= 0.6 is 0 Å². The number of methoxy groups -OCH3 is 2. The van der Waals surface area contributed by atoms with Crippen molar-refractivity contribution < 1.29 is 19.7 Å². The fourth-order valence-electron chi connectivity index (χ4n) is 1.39. The fourth-order valence-corrected chi connectivity index (χ4v) is 1.39. The van der Waals surface area contributed by atoms with E-state index in [4.69, 9.17) is 9.47 Å². The van der Waals surface area contributed by atoms with Gasteiger partial charge in [0.25, 0.3) is 0 Å². The van der Waals surface area contributed by atoms with E-state index >= 15 is 0 Å². The Morgan fingerprint density at radius 1 is 1.21 bits per heavy atom. The van der Waals surface area contributed by atoms with Crippen molar-refractivity contribution in [2.24, 2.45) is 0 Å². The molecule has 0 saturated heterocycles. The van der Waals surface area contributed by atoms with E-state index in [2.05, 4.69) is 5.32 Å². The minimum Gasteiger partial charge on any atom is -0.392 e. The summed E-state index contributed by atoms with van der Waals surface area (Å²) in [6.07, 6.45) is -1.45. The van der Waals surface area contributed by atoms with E-state index in [1.165, 1.54) is 14.2 Å².